The van der Waals surface area contributed by atoms with Crippen molar-refractivity contribution in [1.82, 2.24) is 9.97 Å². The summed E-state index contributed by atoms with van der Waals surface area (Å²) >= 11 is 1.54. The van der Waals surface area contributed by atoms with Gasteiger partial charge >= 0.3 is 6.01 Å². The molecule has 0 saturated heterocycles. The second-order valence-corrected chi connectivity index (χ2v) is 6.53. The molecule has 4 aromatic rings. The molecule has 5 nitrogen and oxygen atoms in total. The Bertz CT molecular complexity index is 1020. The van der Waals surface area contributed by atoms with Gasteiger partial charge in [-0.15, -0.1) is 0 Å². The number of hydrogen-bond acceptors (Lipinski definition) is 6. The zero-order valence-electron chi connectivity index (χ0n) is 12.9. The van der Waals surface area contributed by atoms with Crippen molar-refractivity contribution in [1.29, 1.82) is 0 Å². The average Bonchev–Trinajstić information content (AvgIpc) is 3.09. The maximum atomic E-state index is 5.89. The monoisotopic (exact) mass is 324 g/mol. The van der Waals surface area contributed by atoms with Crippen LogP contribution in [-0.4, -0.2) is 9.97 Å². The number of rotatable bonds is 3. The molecule has 0 saturated carbocycles. The van der Waals surface area contributed by atoms with Crippen molar-refractivity contribution in [2.24, 2.45) is 0 Å². The van der Waals surface area contributed by atoms with Crippen molar-refractivity contribution in [3.05, 3.63) is 41.5 Å². The van der Waals surface area contributed by atoms with Gasteiger partial charge < -0.3 is 10.2 Å². The molecule has 0 radical (unpaired) electrons. The quantitative estimate of drug-likeness (QED) is 0.537. The standard InChI is InChI=1S/C17H16N4OS/c1-3-10-4-5-13-12(7-10)19-16(22-13)21-17-20-15-9(2)6-11(18)8-14(15)23-17/h4-8H,3,18H2,1-2H3,(H,19,20,21). The zero-order chi connectivity index (χ0) is 16.0. The molecular weight excluding hydrogens is 308 g/mol. The molecule has 0 aliphatic heterocycles. The number of aryl methyl sites for hydroxylation is 2. The highest BCUT2D eigenvalue weighted by atomic mass is 32.1. The Kier molecular flexibility index (Phi) is 3.20. The molecule has 2 aromatic heterocycles. The molecule has 23 heavy (non-hydrogen) atoms. The summed E-state index contributed by atoms with van der Waals surface area (Å²) in [5.74, 6) is 0. The number of hydrogen-bond donors (Lipinski definition) is 2. The van der Waals surface area contributed by atoms with Gasteiger partial charge in [-0.1, -0.05) is 24.3 Å². The maximum absolute atomic E-state index is 5.89. The van der Waals surface area contributed by atoms with Crippen LogP contribution in [0.3, 0.4) is 0 Å². The minimum absolute atomic E-state index is 0.456. The van der Waals surface area contributed by atoms with Crippen molar-refractivity contribution in [3.63, 3.8) is 0 Å². The summed E-state index contributed by atoms with van der Waals surface area (Å²) in [6.45, 7) is 4.13. The van der Waals surface area contributed by atoms with Crippen LogP contribution in [0, 0.1) is 6.92 Å². The summed E-state index contributed by atoms with van der Waals surface area (Å²) in [4.78, 5) is 9.10. The van der Waals surface area contributed by atoms with Crippen LogP contribution in [-0.2, 0) is 6.42 Å². The Balaban J connectivity index is 1.71. The molecule has 0 aliphatic rings. The number of nitrogen functional groups attached to an aromatic ring is 1. The second-order valence-electron chi connectivity index (χ2n) is 5.50. The van der Waals surface area contributed by atoms with Crippen molar-refractivity contribution in [3.8, 4) is 0 Å². The van der Waals surface area contributed by atoms with Crippen molar-refractivity contribution in [2.75, 3.05) is 11.1 Å². The highest BCUT2D eigenvalue weighted by molar-refractivity contribution is 7.22. The van der Waals surface area contributed by atoms with Gasteiger partial charge in [-0.2, -0.15) is 4.98 Å². The van der Waals surface area contributed by atoms with E-state index in [2.05, 4.69) is 28.3 Å². The normalized spacial score (nSPS) is 11.4. The fourth-order valence-electron chi connectivity index (χ4n) is 2.62. The molecule has 3 N–H and O–H groups in total. The number of aromatic nitrogens is 2. The lowest BCUT2D eigenvalue weighted by Gasteiger charge is -1.96. The van der Waals surface area contributed by atoms with Gasteiger partial charge in [0.05, 0.1) is 10.2 Å². The average molecular weight is 324 g/mol. The molecule has 0 atom stereocenters. The number of oxazole rings is 1. The minimum atomic E-state index is 0.456. The number of fused-ring (bicyclic) bond motifs is 2. The molecule has 6 heteroatoms. The van der Waals surface area contributed by atoms with E-state index in [9.17, 15) is 0 Å². The van der Waals surface area contributed by atoms with E-state index in [1.165, 1.54) is 16.9 Å². The van der Waals surface area contributed by atoms with Gasteiger partial charge in [-0.3, -0.25) is 5.32 Å². The molecule has 4 rings (SSSR count). The fourth-order valence-corrected chi connectivity index (χ4v) is 3.60. The van der Waals surface area contributed by atoms with E-state index < -0.39 is 0 Å². The number of thiazole rings is 1. The molecule has 116 valence electrons. The zero-order valence-corrected chi connectivity index (χ0v) is 13.7. The van der Waals surface area contributed by atoms with Crippen LogP contribution < -0.4 is 11.1 Å². The Hall–Kier alpha value is -2.60. The number of nitrogens with zero attached hydrogens (tertiary/aromatic N) is 2. The van der Waals surface area contributed by atoms with Crippen LogP contribution in [0.4, 0.5) is 16.8 Å². The SMILES string of the molecule is CCc1ccc2oc(Nc3nc4c(C)cc(N)cc4s3)nc2c1. The lowest BCUT2D eigenvalue weighted by molar-refractivity contribution is 0.623. The lowest BCUT2D eigenvalue weighted by Crippen LogP contribution is -1.89. The van der Waals surface area contributed by atoms with E-state index in [-0.39, 0.29) is 0 Å². The number of benzene rings is 2. The largest absolute Gasteiger partial charge is 0.423 e. The smallest absolute Gasteiger partial charge is 0.302 e. The van der Waals surface area contributed by atoms with E-state index in [1.807, 2.05) is 31.2 Å². The van der Waals surface area contributed by atoms with Crippen LogP contribution in [0.15, 0.2) is 34.7 Å². The molecule has 2 heterocycles. The first-order valence-electron chi connectivity index (χ1n) is 7.45. The highest BCUT2D eigenvalue weighted by Gasteiger charge is 2.11. The molecule has 0 spiro atoms. The van der Waals surface area contributed by atoms with E-state index in [0.717, 1.165) is 44.1 Å². The lowest BCUT2D eigenvalue weighted by atomic mass is 10.1. The second kappa shape index (κ2) is 5.24. The van der Waals surface area contributed by atoms with Gasteiger partial charge in [0, 0.05) is 5.69 Å². The summed E-state index contributed by atoms with van der Waals surface area (Å²) in [5, 5.41) is 3.90. The van der Waals surface area contributed by atoms with Gasteiger partial charge in [0.1, 0.15) is 5.52 Å². The third-order valence-electron chi connectivity index (χ3n) is 3.78. The van der Waals surface area contributed by atoms with Crippen LogP contribution in [0.25, 0.3) is 21.3 Å². The van der Waals surface area contributed by atoms with Gasteiger partial charge in [0.15, 0.2) is 10.7 Å². The Morgan fingerprint density at radius 3 is 2.91 bits per heavy atom. The van der Waals surface area contributed by atoms with E-state index in [4.69, 9.17) is 10.2 Å². The number of nitrogens with one attached hydrogen (secondary N) is 1. The van der Waals surface area contributed by atoms with Crippen molar-refractivity contribution < 1.29 is 4.42 Å². The molecule has 0 bridgehead atoms. The fraction of sp³-hybridized carbons (Fsp3) is 0.176. The maximum Gasteiger partial charge on any atom is 0.302 e. The Morgan fingerprint density at radius 1 is 1.22 bits per heavy atom. The number of anilines is 3. The van der Waals surface area contributed by atoms with Crippen molar-refractivity contribution >= 4 is 49.5 Å². The first kappa shape index (κ1) is 14.0. The molecule has 0 unspecified atom stereocenters. The van der Waals surface area contributed by atoms with Crippen LogP contribution >= 0.6 is 11.3 Å². The Labute approximate surface area is 137 Å². The van der Waals surface area contributed by atoms with Gasteiger partial charge in [0.2, 0.25) is 0 Å². The summed E-state index contributed by atoms with van der Waals surface area (Å²) in [5.41, 5.74) is 11.5. The van der Waals surface area contributed by atoms with Gasteiger partial charge in [-0.05, 0) is 48.7 Å². The molecular formula is C17H16N4OS. The van der Waals surface area contributed by atoms with Crippen molar-refractivity contribution in [2.45, 2.75) is 20.3 Å². The van der Waals surface area contributed by atoms with E-state index >= 15 is 0 Å². The van der Waals surface area contributed by atoms with E-state index in [1.54, 1.807) is 0 Å². The van der Waals surface area contributed by atoms with Crippen LogP contribution in [0.2, 0.25) is 0 Å². The predicted molar refractivity (Wildman–Crippen MR) is 95.4 cm³/mol. The summed E-state index contributed by atoms with van der Waals surface area (Å²) in [6, 6.07) is 10.4. The van der Waals surface area contributed by atoms with E-state index in [0.29, 0.717) is 6.01 Å². The van der Waals surface area contributed by atoms with Gasteiger partial charge in [0.25, 0.3) is 0 Å². The molecule has 2 aromatic carbocycles. The first-order chi connectivity index (χ1) is 11.1. The topological polar surface area (TPSA) is 77.0 Å². The molecule has 0 aliphatic carbocycles. The summed E-state index contributed by atoms with van der Waals surface area (Å²) in [7, 11) is 0. The molecule has 0 fully saturated rings. The minimum Gasteiger partial charge on any atom is -0.423 e. The first-order valence-corrected chi connectivity index (χ1v) is 8.27. The third-order valence-corrected chi connectivity index (χ3v) is 4.70. The molecule has 0 amide bonds. The highest BCUT2D eigenvalue weighted by Crippen LogP contribution is 2.32. The Morgan fingerprint density at radius 2 is 2.09 bits per heavy atom. The van der Waals surface area contributed by atoms with Gasteiger partial charge in [-0.25, -0.2) is 4.98 Å². The summed E-state index contributed by atoms with van der Waals surface area (Å²) in [6.07, 6.45) is 0.976. The number of nitrogens with two attached hydrogens (primary N) is 1. The van der Waals surface area contributed by atoms with Crippen LogP contribution in [0.1, 0.15) is 18.1 Å². The third kappa shape index (κ3) is 2.51. The summed E-state index contributed by atoms with van der Waals surface area (Å²) < 4.78 is 6.79. The van der Waals surface area contributed by atoms with Crippen LogP contribution in [0.5, 0.6) is 0 Å². The predicted octanol–water partition coefficient (Wildman–Crippen LogP) is 4.63.